The van der Waals surface area contributed by atoms with Gasteiger partial charge in [-0.1, -0.05) is 29.8 Å². The van der Waals surface area contributed by atoms with Crippen LogP contribution in [0.1, 0.15) is 5.56 Å². The molecule has 0 amide bonds. The van der Waals surface area contributed by atoms with E-state index in [-0.39, 0.29) is 0 Å². The fourth-order valence-electron chi connectivity index (χ4n) is 2.25. The van der Waals surface area contributed by atoms with Gasteiger partial charge < -0.3 is 9.72 Å². The molecule has 86 valence electrons. The zero-order chi connectivity index (χ0) is 12.0. The van der Waals surface area contributed by atoms with E-state index in [1.165, 1.54) is 10.8 Å². The first-order valence-electron chi connectivity index (χ1n) is 5.46. The molecule has 3 rings (SSSR count). The number of hydrogen-bond acceptors (Lipinski definition) is 1. The maximum Gasteiger partial charge on any atom is 0.142 e. The van der Waals surface area contributed by atoms with Gasteiger partial charge in [0.15, 0.2) is 0 Å². The number of rotatable bonds is 1. The Hall–Kier alpha value is -1.67. The average molecular weight is 246 g/mol. The largest absolute Gasteiger partial charge is 0.495 e. The Morgan fingerprint density at radius 2 is 1.82 bits per heavy atom. The second-order valence-corrected chi connectivity index (χ2v) is 4.51. The highest BCUT2D eigenvalue weighted by Crippen LogP contribution is 2.34. The highest BCUT2D eigenvalue weighted by molar-refractivity contribution is 6.32. The fourth-order valence-corrected chi connectivity index (χ4v) is 2.41. The minimum absolute atomic E-state index is 0.781. The number of methoxy groups -OCH3 is 1. The zero-order valence-corrected chi connectivity index (χ0v) is 10.4. The summed E-state index contributed by atoms with van der Waals surface area (Å²) in [5.41, 5.74) is 3.18. The summed E-state index contributed by atoms with van der Waals surface area (Å²) in [5, 5.41) is 3.13. The maximum absolute atomic E-state index is 6.14. The van der Waals surface area contributed by atoms with Gasteiger partial charge in [-0.15, -0.1) is 0 Å². The summed E-state index contributed by atoms with van der Waals surface area (Å²) in [7, 11) is 1.68. The lowest BCUT2D eigenvalue weighted by atomic mass is 10.1. The summed E-state index contributed by atoms with van der Waals surface area (Å²) < 4.78 is 5.36. The molecule has 0 atom stereocenters. The number of halogens is 1. The standard InChI is InChI=1S/C14H12ClNO/c1-8-11(15)7-6-10-9-4-3-5-12(17-2)14(9)16-13(8)10/h3-7,16H,1-2H3. The lowest BCUT2D eigenvalue weighted by molar-refractivity contribution is 0.419. The Morgan fingerprint density at radius 3 is 2.59 bits per heavy atom. The number of nitrogens with one attached hydrogen (secondary N) is 1. The summed E-state index contributed by atoms with van der Waals surface area (Å²) in [6.45, 7) is 2.02. The molecule has 0 aliphatic carbocycles. The summed E-state index contributed by atoms with van der Waals surface area (Å²) in [6.07, 6.45) is 0. The van der Waals surface area contributed by atoms with Crippen LogP contribution < -0.4 is 4.74 Å². The summed E-state index contributed by atoms with van der Waals surface area (Å²) >= 11 is 6.14. The molecule has 3 aromatic rings. The highest BCUT2D eigenvalue weighted by Gasteiger charge is 2.10. The molecule has 0 bridgehead atoms. The van der Waals surface area contributed by atoms with Crippen molar-refractivity contribution in [2.75, 3.05) is 7.11 Å². The van der Waals surface area contributed by atoms with E-state index in [1.54, 1.807) is 7.11 Å². The van der Waals surface area contributed by atoms with Crippen LogP contribution in [-0.4, -0.2) is 12.1 Å². The Balaban J connectivity index is 2.53. The van der Waals surface area contributed by atoms with Gasteiger partial charge in [0.2, 0.25) is 0 Å². The predicted octanol–water partition coefficient (Wildman–Crippen LogP) is 4.29. The lowest BCUT2D eigenvalue weighted by Gasteiger charge is -1.99. The van der Waals surface area contributed by atoms with Crippen LogP contribution in [0.15, 0.2) is 30.3 Å². The third-order valence-electron chi connectivity index (χ3n) is 3.19. The van der Waals surface area contributed by atoms with E-state index in [0.29, 0.717) is 0 Å². The van der Waals surface area contributed by atoms with Crippen LogP contribution >= 0.6 is 11.6 Å². The van der Waals surface area contributed by atoms with Crippen molar-refractivity contribution in [2.45, 2.75) is 6.92 Å². The number of H-pyrrole nitrogens is 1. The minimum atomic E-state index is 0.781. The Labute approximate surface area is 104 Å². The molecule has 1 heterocycles. The number of aromatic amines is 1. The summed E-state index contributed by atoms with van der Waals surface area (Å²) in [4.78, 5) is 3.40. The van der Waals surface area contributed by atoms with Crippen LogP contribution in [0.5, 0.6) is 5.75 Å². The van der Waals surface area contributed by atoms with E-state index in [0.717, 1.165) is 27.4 Å². The fraction of sp³-hybridized carbons (Fsp3) is 0.143. The number of fused-ring (bicyclic) bond motifs is 3. The van der Waals surface area contributed by atoms with Gasteiger partial charge in [0.1, 0.15) is 5.75 Å². The first-order valence-corrected chi connectivity index (χ1v) is 5.83. The van der Waals surface area contributed by atoms with E-state index < -0.39 is 0 Å². The number of benzene rings is 2. The molecule has 1 N–H and O–H groups in total. The lowest BCUT2D eigenvalue weighted by Crippen LogP contribution is -1.83. The van der Waals surface area contributed by atoms with Crippen molar-refractivity contribution in [3.05, 3.63) is 40.9 Å². The summed E-state index contributed by atoms with van der Waals surface area (Å²) in [6, 6.07) is 10.0. The van der Waals surface area contributed by atoms with Crippen molar-refractivity contribution >= 4 is 33.4 Å². The van der Waals surface area contributed by atoms with Gasteiger partial charge in [-0.3, -0.25) is 0 Å². The molecule has 2 aromatic carbocycles. The van der Waals surface area contributed by atoms with Crippen LogP contribution in [0.2, 0.25) is 5.02 Å². The number of para-hydroxylation sites is 1. The van der Waals surface area contributed by atoms with Crippen LogP contribution in [0, 0.1) is 6.92 Å². The molecule has 3 heteroatoms. The molecule has 0 spiro atoms. The predicted molar refractivity (Wildman–Crippen MR) is 72.1 cm³/mol. The molecule has 0 saturated heterocycles. The minimum Gasteiger partial charge on any atom is -0.495 e. The monoisotopic (exact) mass is 245 g/mol. The van der Waals surface area contributed by atoms with Crippen molar-refractivity contribution in [1.29, 1.82) is 0 Å². The number of ether oxygens (including phenoxy) is 1. The van der Waals surface area contributed by atoms with Gasteiger partial charge in [0.05, 0.1) is 18.1 Å². The molecule has 0 fully saturated rings. The van der Waals surface area contributed by atoms with Crippen LogP contribution in [-0.2, 0) is 0 Å². The number of hydrogen-bond donors (Lipinski definition) is 1. The Morgan fingerprint density at radius 1 is 1.06 bits per heavy atom. The molecular formula is C14H12ClNO. The van der Waals surface area contributed by atoms with Crippen LogP contribution in [0.4, 0.5) is 0 Å². The third kappa shape index (κ3) is 1.41. The molecule has 1 aromatic heterocycles. The molecule has 17 heavy (non-hydrogen) atoms. The molecular weight excluding hydrogens is 234 g/mol. The van der Waals surface area contributed by atoms with Gasteiger partial charge in [-0.2, -0.15) is 0 Å². The van der Waals surface area contributed by atoms with Gasteiger partial charge in [-0.05, 0) is 24.6 Å². The molecule has 0 aliphatic rings. The van der Waals surface area contributed by atoms with Gasteiger partial charge in [0.25, 0.3) is 0 Å². The molecule has 0 aliphatic heterocycles. The average Bonchev–Trinajstić information content (AvgIpc) is 2.73. The van der Waals surface area contributed by atoms with Crippen LogP contribution in [0.3, 0.4) is 0 Å². The Kier molecular flexibility index (Phi) is 2.26. The zero-order valence-electron chi connectivity index (χ0n) is 9.67. The van der Waals surface area contributed by atoms with E-state index in [2.05, 4.69) is 11.1 Å². The van der Waals surface area contributed by atoms with Gasteiger partial charge in [-0.25, -0.2) is 0 Å². The maximum atomic E-state index is 6.14. The topological polar surface area (TPSA) is 25.0 Å². The molecule has 0 radical (unpaired) electrons. The van der Waals surface area contributed by atoms with Crippen molar-refractivity contribution in [3.8, 4) is 5.75 Å². The van der Waals surface area contributed by atoms with Crippen molar-refractivity contribution in [2.24, 2.45) is 0 Å². The van der Waals surface area contributed by atoms with E-state index >= 15 is 0 Å². The van der Waals surface area contributed by atoms with Crippen molar-refractivity contribution < 1.29 is 4.74 Å². The Bertz CT molecular complexity index is 715. The van der Waals surface area contributed by atoms with E-state index in [9.17, 15) is 0 Å². The normalized spacial score (nSPS) is 11.2. The van der Waals surface area contributed by atoms with E-state index in [1.807, 2.05) is 31.2 Å². The van der Waals surface area contributed by atoms with Crippen LogP contribution in [0.25, 0.3) is 21.8 Å². The molecule has 0 unspecified atom stereocenters. The highest BCUT2D eigenvalue weighted by atomic mass is 35.5. The summed E-state index contributed by atoms with van der Waals surface area (Å²) in [5.74, 6) is 0.856. The first kappa shape index (κ1) is 10.5. The van der Waals surface area contributed by atoms with Crippen molar-refractivity contribution in [1.82, 2.24) is 4.98 Å². The van der Waals surface area contributed by atoms with Gasteiger partial charge >= 0.3 is 0 Å². The second kappa shape index (κ2) is 3.67. The smallest absolute Gasteiger partial charge is 0.142 e. The quantitative estimate of drug-likeness (QED) is 0.680. The number of aromatic nitrogens is 1. The first-order chi connectivity index (χ1) is 8.22. The van der Waals surface area contributed by atoms with E-state index in [4.69, 9.17) is 16.3 Å². The molecule has 2 nitrogen and oxygen atoms in total. The number of aryl methyl sites for hydroxylation is 1. The molecule has 0 saturated carbocycles. The third-order valence-corrected chi connectivity index (χ3v) is 3.59. The van der Waals surface area contributed by atoms with Gasteiger partial charge in [0, 0.05) is 15.8 Å². The second-order valence-electron chi connectivity index (χ2n) is 4.10. The SMILES string of the molecule is COc1cccc2c1[nH]c1c(C)c(Cl)ccc12. The van der Waals surface area contributed by atoms with Crippen molar-refractivity contribution in [3.63, 3.8) is 0 Å².